The normalized spacial score (nSPS) is 14.9. The van der Waals surface area contributed by atoms with Crippen LogP contribution in [0.4, 0.5) is 0 Å². The van der Waals surface area contributed by atoms with Gasteiger partial charge in [0.05, 0.1) is 10.8 Å². The first kappa shape index (κ1) is 46.8. The SMILES string of the molecule is CC(C)(C)c1ccc(C2(c3ccc(C(C)(C)C)cc3)c3cc4c(cc3-c3c2cc(Br)c2ccccc32)C(c2ccc(C(C)(C)C)cc2)(c2ccc(C(C)(C)C)cc2)c2cccc3c(Br)ccc-4c23)cc1. The Morgan fingerprint density at radius 1 is 0.300 bits per heavy atom. The zero-order chi connectivity index (χ0) is 49.5. The van der Waals surface area contributed by atoms with Crippen LogP contribution in [0, 0.1) is 0 Å². The molecule has 0 aliphatic heterocycles. The van der Waals surface area contributed by atoms with E-state index in [1.54, 1.807) is 0 Å². The topological polar surface area (TPSA) is 0 Å². The predicted octanol–water partition coefficient (Wildman–Crippen LogP) is 19.4. The number of rotatable bonds is 4. The molecule has 0 nitrogen and oxygen atoms in total. The van der Waals surface area contributed by atoms with Crippen LogP contribution in [0.25, 0.3) is 43.8 Å². The van der Waals surface area contributed by atoms with Crippen LogP contribution >= 0.6 is 31.9 Å². The van der Waals surface area contributed by atoms with Gasteiger partial charge in [0, 0.05) is 8.95 Å². The van der Waals surface area contributed by atoms with Crippen molar-refractivity contribution in [3.63, 3.8) is 0 Å². The first-order valence-electron chi connectivity index (χ1n) is 25.1. The highest BCUT2D eigenvalue weighted by atomic mass is 79.9. The van der Waals surface area contributed by atoms with Gasteiger partial charge in [0.2, 0.25) is 0 Å². The number of fused-ring (bicyclic) bond motifs is 7. The van der Waals surface area contributed by atoms with Crippen molar-refractivity contribution in [2.45, 2.75) is 116 Å². The Morgan fingerprint density at radius 3 is 1.13 bits per heavy atom. The molecule has 0 bridgehead atoms. The lowest BCUT2D eigenvalue weighted by Crippen LogP contribution is -2.35. The maximum Gasteiger partial charge on any atom is 0.0714 e. The van der Waals surface area contributed by atoms with Crippen molar-refractivity contribution in [3.8, 4) is 22.3 Å². The summed E-state index contributed by atoms with van der Waals surface area (Å²) in [5.41, 5.74) is 19.4. The summed E-state index contributed by atoms with van der Waals surface area (Å²) in [7, 11) is 0. The van der Waals surface area contributed by atoms with E-state index in [-0.39, 0.29) is 21.7 Å². The second-order valence-corrected chi connectivity index (χ2v) is 26.1. The minimum Gasteiger partial charge on any atom is -0.0616 e. The van der Waals surface area contributed by atoms with E-state index in [4.69, 9.17) is 0 Å². The Morgan fingerprint density at radius 2 is 0.686 bits per heavy atom. The van der Waals surface area contributed by atoms with Crippen molar-refractivity contribution in [1.29, 1.82) is 0 Å². The molecule has 0 unspecified atom stereocenters. The van der Waals surface area contributed by atoms with Gasteiger partial charge in [-0.05, 0) is 156 Å². The molecular weight excluding hydrogens is 977 g/mol. The Hall–Kier alpha value is -5.54. The first-order valence-corrected chi connectivity index (χ1v) is 26.7. The lowest BCUT2D eigenvalue weighted by atomic mass is 9.58. The third kappa shape index (κ3) is 6.93. The molecule has 0 radical (unpaired) electrons. The van der Waals surface area contributed by atoms with Gasteiger partial charge >= 0.3 is 0 Å². The monoisotopic (exact) mass is 1040 g/mol. The number of benzene rings is 9. The molecule has 70 heavy (non-hydrogen) atoms. The molecular formula is C68H64Br2. The van der Waals surface area contributed by atoms with Crippen molar-refractivity contribution in [2.75, 3.05) is 0 Å². The molecule has 9 aromatic rings. The molecule has 0 saturated heterocycles. The average molecular weight is 1040 g/mol. The van der Waals surface area contributed by atoms with Gasteiger partial charge in [-0.3, -0.25) is 0 Å². The molecule has 0 aromatic heterocycles. The van der Waals surface area contributed by atoms with Gasteiger partial charge in [-0.25, -0.2) is 0 Å². The van der Waals surface area contributed by atoms with Crippen molar-refractivity contribution in [3.05, 3.63) is 246 Å². The summed E-state index contributed by atoms with van der Waals surface area (Å²) in [5, 5.41) is 4.99. The summed E-state index contributed by atoms with van der Waals surface area (Å²) in [6, 6.07) is 67.0. The Balaban J connectivity index is 1.36. The van der Waals surface area contributed by atoms with Gasteiger partial charge in [-0.2, -0.15) is 0 Å². The fourth-order valence-electron chi connectivity index (χ4n) is 12.2. The summed E-state index contributed by atoms with van der Waals surface area (Å²) in [4.78, 5) is 0. The molecule has 0 spiro atoms. The summed E-state index contributed by atoms with van der Waals surface area (Å²) in [6.07, 6.45) is 0. The smallest absolute Gasteiger partial charge is 0.0616 e. The van der Waals surface area contributed by atoms with Crippen LogP contribution < -0.4 is 0 Å². The second kappa shape index (κ2) is 16.0. The van der Waals surface area contributed by atoms with Crippen molar-refractivity contribution >= 4 is 53.4 Å². The summed E-state index contributed by atoms with van der Waals surface area (Å²) < 4.78 is 2.21. The van der Waals surface area contributed by atoms with Crippen LogP contribution in [-0.2, 0) is 32.5 Å². The van der Waals surface area contributed by atoms with Crippen molar-refractivity contribution in [2.24, 2.45) is 0 Å². The van der Waals surface area contributed by atoms with Crippen molar-refractivity contribution < 1.29 is 0 Å². The molecule has 2 aliphatic carbocycles. The summed E-state index contributed by atoms with van der Waals surface area (Å²) in [6.45, 7) is 27.8. The molecule has 350 valence electrons. The number of hydrogen-bond acceptors (Lipinski definition) is 0. The van der Waals surface area contributed by atoms with Crippen LogP contribution in [0.15, 0.2) is 179 Å². The maximum atomic E-state index is 4.19. The van der Waals surface area contributed by atoms with Gasteiger partial charge in [0.25, 0.3) is 0 Å². The molecule has 2 heteroatoms. The minimum atomic E-state index is -0.677. The molecule has 0 saturated carbocycles. The van der Waals surface area contributed by atoms with E-state index in [2.05, 4.69) is 285 Å². The molecule has 11 rings (SSSR count). The van der Waals surface area contributed by atoms with Gasteiger partial charge in [0.1, 0.15) is 0 Å². The molecule has 0 heterocycles. The van der Waals surface area contributed by atoms with Crippen LogP contribution in [0.1, 0.15) is 150 Å². The third-order valence-electron chi connectivity index (χ3n) is 16.1. The fraction of sp³-hybridized carbons (Fsp3) is 0.265. The highest BCUT2D eigenvalue weighted by Gasteiger charge is 2.51. The third-order valence-corrected chi connectivity index (χ3v) is 17.4. The average Bonchev–Trinajstić information content (AvgIpc) is 3.60. The zero-order valence-electron chi connectivity index (χ0n) is 42.9. The van der Waals surface area contributed by atoms with E-state index in [9.17, 15) is 0 Å². The van der Waals surface area contributed by atoms with E-state index in [0.29, 0.717) is 0 Å². The van der Waals surface area contributed by atoms with E-state index in [1.807, 2.05) is 0 Å². The van der Waals surface area contributed by atoms with Gasteiger partial charge in [-0.1, -0.05) is 261 Å². The molecule has 2 aliphatic rings. The fourth-order valence-corrected chi connectivity index (χ4v) is 13.3. The molecule has 0 fully saturated rings. The molecule has 0 amide bonds. The van der Waals surface area contributed by atoms with Crippen LogP contribution in [0.3, 0.4) is 0 Å². The number of halogens is 2. The minimum absolute atomic E-state index is 0.00135. The van der Waals surface area contributed by atoms with Gasteiger partial charge in [-0.15, -0.1) is 0 Å². The largest absolute Gasteiger partial charge is 0.0714 e. The van der Waals surface area contributed by atoms with E-state index < -0.39 is 10.8 Å². The van der Waals surface area contributed by atoms with Gasteiger partial charge < -0.3 is 0 Å². The van der Waals surface area contributed by atoms with E-state index >= 15 is 0 Å². The van der Waals surface area contributed by atoms with Crippen molar-refractivity contribution in [1.82, 2.24) is 0 Å². The van der Waals surface area contributed by atoms with Crippen LogP contribution in [0.2, 0.25) is 0 Å². The maximum absolute atomic E-state index is 4.19. The highest BCUT2D eigenvalue weighted by Crippen LogP contribution is 2.64. The first-order chi connectivity index (χ1) is 33.0. The zero-order valence-corrected chi connectivity index (χ0v) is 46.1. The lowest BCUT2D eigenvalue weighted by Gasteiger charge is -2.43. The Kier molecular flexibility index (Phi) is 10.7. The Bertz CT molecular complexity index is 3430. The molecule has 0 N–H and O–H groups in total. The summed E-state index contributed by atoms with van der Waals surface area (Å²) >= 11 is 8.28. The molecule has 0 atom stereocenters. The highest BCUT2D eigenvalue weighted by molar-refractivity contribution is 9.11. The van der Waals surface area contributed by atoms with E-state index in [1.165, 1.54) is 111 Å². The van der Waals surface area contributed by atoms with Crippen LogP contribution in [-0.4, -0.2) is 0 Å². The standard InChI is InChI=1S/C68H64Br2/c1-63(2,3)41-20-28-45(29-21-41)67(46-30-22-42(23-31-46)64(4,5)6)55-19-15-18-52-59(69)37-36-51(61(52)55)53-38-57-54(39-56(53)67)62-50-17-14-13-16-49(50)60(70)40-58(62)68(57,47-32-24-43(25-33-47)65(7,8)9)48-34-26-44(27-35-48)66(10,11)12/h13-40H,1-12H3. The number of hydrogen-bond donors (Lipinski definition) is 0. The second-order valence-electron chi connectivity index (χ2n) is 24.4. The predicted molar refractivity (Wildman–Crippen MR) is 306 cm³/mol. The lowest BCUT2D eigenvalue weighted by molar-refractivity contribution is 0.588. The molecule has 9 aromatic carbocycles. The summed E-state index contributed by atoms with van der Waals surface area (Å²) in [5.74, 6) is 0. The quantitative estimate of drug-likeness (QED) is 0.165. The van der Waals surface area contributed by atoms with Crippen LogP contribution in [0.5, 0.6) is 0 Å². The van der Waals surface area contributed by atoms with E-state index in [0.717, 1.165) is 8.95 Å². The van der Waals surface area contributed by atoms with Gasteiger partial charge in [0.15, 0.2) is 0 Å². The Labute approximate surface area is 433 Å².